The monoisotopic (exact) mass is 668 g/mol. The first kappa shape index (κ1) is 30.6. The van der Waals surface area contributed by atoms with Crippen molar-refractivity contribution in [3.63, 3.8) is 0 Å². The summed E-state index contributed by atoms with van der Waals surface area (Å²) in [6.45, 7) is 0. The van der Waals surface area contributed by atoms with Gasteiger partial charge in [-0.2, -0.15) is 0 Å². The third-order valence-electron chi connectivity index (χ3n) is 9.40. The lowest BCUT2D eigenvalue weighted by molar-refractivity contribution is 1.33. The SMILES string of the molecule is c1ccc(-c2cccc(-c3cc(-c4cccc(-c5cccnc5)c4)c4nc(-c5ccc(-c6ccccc6)c(-c6ccccc6)c5)sc4c3)c2)cc1. The van der Waals surface area contributed by atoms with Crippen molar-refractivity contribution >= 4 is 21.6 Å². The molecule has 9 aromatic rings. The van der Waals surface area contributed by atoms with Crippen LogP contribution in [0.3, 0.4) is 0 Å². The third-order valence-corrected chi connectivity index (χ3v) is 10.5. The van der Waals surface area contributed by atoms with Gasteiger partial charge in [0, 0.05) is 29.1 Å². The first-order valence-corrected chi connectivity index (χ1v) is 17.9. The Balaban J connectivity index is 1.23. The molecule has 0 aliphatic heterocycles. The van der Waals surface area contributed by atoms with Gasteiger partial charge in [-0.15, -0.1) is 11.3 Å². The Hall–Kier alpha value is -6.42. The molecular formula is C48H32N2S. The molecule has 240 valence electrons. The Morgan fingerprint density at radius 1 is 0.333 bits per heavy atom. The largest absolute Gasteiger partial charge is 0.264 e. The van der Waals surface area contributed by atoms with Crippen LogP contribution in [0, 0.1) is 0 Å². The van der Waals surface area contributed by atoms with Crippen LogP contribution in [0.4, 0.5) is 0 Å². The number of fused-ring (bicyclic) bond motifs is 1. The Kier molecular flexibility index (Phi) is 8.09. The summed E-state index contributed by atoms with van der Waals surface area (Å²) in [7, 11) is 0. The minimum absolute atomic E-state index is 1.00. The average molecular weight is 669 g/mol. The summed E-state index contributed by atoms with van der Waals surface area (Å²) in [5.74, 6) is 0. The molecule has 7 aromatic carbocycles. The molecule has 2 heterocycles. The summed E-state index contributed by atoms with van der Waals surface area (Å²) in [5, 5.41) is 1.00. The van der Waals surface area contributed by atoms with Crippen LogP contribution in [0.5, 0.6) is 0 Å². The van der Waals surface area contributed by atoms with E-state index < -0.39 is 0 Å². The third kappa shape index (κ3) is 6.16. The molecule has 0 N–H and O–H groups in total. The molecule has 0 bridgehead atoms. The molecule has 2 aromatic heterocycles. The van der Waals surface area contributed by atoms with Crippen LogP contribution in [0.15, 0.2) is 194 Å². The second kappa shape index (κ2) is 13.5. The first-order chi connectivity index (χ1) is 25.3. The zero-order valence-electron chi connectivity index (χ0n) is 27.8. The van der Waals surface area contributed by atoms with Crippen LogP contribution in [0.25, 0.3) is 87.5 Å². The molecule has 0 unspecified atom stereocenters. The van der Waals surface area contributed by atoms with E-state index in [4.69, 9.17) is 4.98 Å². The van der Waals surface area contributed by atoms with Gasteiger partial charge in [-0.1, -0.05) is 146 Å². The predicted octanol–water partition coefficient (Wildman–Crippen LogP) is 13.4. The first-order valence-electron chi connectivity index (χ1n) is 17.1. The van der Waals surface area contributed by atoms with E-state index in [0.29, 0.717) is 0 Å². The number of thiazole rings is 1. The van der Waals surface area contributed by atoms with Crippen molar-refractivity contribution < 1.29 is 0 Å². The van der Waals surface area contributed by atoms with Gasteiger partial charge in [-0.25, -0.2) is 4.98 Å². The van der Waals surface area contributed by atoms with Gasteiger partial charge in [-0.3, -0.25) is 4.98 Å². The molecule has 0 saturated carbocycles. The minimum atomic E-state index is 1.00. The highest BCUT2D eigenvalue weighted by molar-refractivity contribution is 7.21. The van der Waals surface area contributed by atoms with E-state index in [2.05, 4.69) is 181 Å². The fraction of sp³-hybridized carbons (Fsp3) is 0. The van der Waals surface area contributed by atoms with E-state index in [1.807, 2.05) is 18.5 Å². The average Bonchev–Trinajstić information content (AvgIpc) is 3.66. The molecule has 0 saturated heterocycles. The Morgan fingerprint density at radius 3 is 1.57 bits per heavy atom. The van der Waals surface area contributed by atoms with Crippen molar-refractivity contribution in [3.05, 3.63) is 194 Å². The highest BCUT2D eigenvalue weighted by atomic mass is 32.1. The number of nitrogens with zero attached hydrogens (tertiary/aromatic N) is 2. The molecule has 3 heteroatoms. The van der Waals surface area contributed by atoms with Gasteiger partial charge >= 0.3 is 0 Å². The van der Waals surface area contributed by atoms with Gasteiger partial charge < -0.3 is 0 Å². The topological polar surface area (TPSA) is 25.8 Å². The number of pyridine rings is 1. The maximum absolute atomic E-state index is 5.41. The van der Waals surface area contributed by atoms with Gasteiger partial charge in [0.05, 0.1) is 10.2 Å². The second-order valence-electron chi connectivity index (χ2n) is 12.7. The van der Waals surface area contributed by atoms with E-state index in [1.54, 1.807) is 11.3 Å². The molecule has 0 amide bonds. The molecule has 0 atom stereocenters. The van der Waals surface area contributed by atoms with Crippen LogP contribution in [-0.4, -0.2) is 9.97 Å². The van der Waals surface area contributed by atoms with Crippen molar-refractivity contribution in [2.75, 3.05) is 0 Å². The summed E-state index contributed by atoms with van der Waals surface area (Å²) in [6, 6.07) is 64.9. The molecule has 0 spiro atoms. The summed E-state index contributed by atoms with van der Waals surface area (Å²) in [4.78, 5) is 9.79. The van der Waals surface area contributed by atoms with Gasteiger partial charge in [0.25, 0.3) is 0 Å². The van der Waals surface area contributed by atoms with Crippen molar-refractivity contribution in [1.29, 1.82) is 0 Å². The maximum atomic E-state index is 5.41. The van der Waals surface area contributed by atoms with Crippen molar-refractivity contribution in [3.8, 4) is 77.3 Å². The second-order valence-corrected chi connectivity index (χ2v) is 13.7. The van der Waals surface area contributed by atoms with Gasteiger partial charge in [-0.05, 0) is 92.0 Å². The van der Waals surface area contributed by atoms with Crippen LogP contribution >= 0.6 is 11.3 Å². The van der Waals surface area contributed by atoms with E-state index in [9.17, 15) is 0 Å². The Bertz CT molecular complexity index is 2610. The minimum Gasteiger partial charge on any atom is -0.264 e. The molecule has 51 heavy (non-hydrogen) atoms. The lowest BCUT2D eigenvalue weighted by Gasteiger charge is -2.12. The summed E-state index contributed by atoms with van der Waals surface area (Å²) < 4.78 is 1.16. The number of hydrogen-bond acceptors (Lipinski definition) is 3. The van der Waals surface area contributed by atoms with Crippen LogP contribution in [0.2, 0.25) is 0 Å². The molecule has 2 nitrogen and oxygen atoms in total. The molecule has 9 rings (SSSR count). The van der Waals surface area contributed by atoms with Gasteiger partial charge in [0.15, 0.2) is 0 Å². The summed E-state index contributed by atoms with van der Waals surface area (Å²) in [6.07, 6.45) is 3.74. The fourth-order valence-electron chi connectivity index (χ4n) is 6.85. The zero-order valence-corrected chi connectivity index (χ0v) is 28.6. The normalized spacial score (nSPS) is 11.1. The smallest absolute Gasteiger partial charge is 0.124 e. The lowest BCUT2D eigenvalue weighted by Crippen LogP contribution is -1.88. The number of benzene rings is 7. The van der Waals surface area contributed by atoms with Crippen LogP contribution < -0.4 is 0 Å². The molecular weight excluding hydrogens is 637 g/mol. The maximum Gasteiger partial charge on any atom is 0.124 e. The van der Waals surface area contributed by atoms with Crippen molar-refractivity contribution in [2.45, 2.75) is 0 Å². The Labute approximate surface area is 302 Å². The predicted molar refractivity (Wildman–Crippen MR) is 215 cm³/mol. The highest BCUT2D eigenvalue weighted by Gasteiger charge is 2.17. The Morgan fingerprint density at radius 2 is 0.882 bits per heavy atom. The molecule has 0 fully saturated rings. The van der Waals surface area contributed by atoms with E-state index in [0.717, 1.165) is 43.0 Å². The van der Waals surface area contributed by atoms with Gasteiger partial charge in [0.2, 0.25) is 0 Å². The van der Waals surface area contributed by atoms with Crippen LogP contribution in [0.1, 0.15) is 0 Å². The van der Waals surface area contributed by atoms with E-state index in [1.165, 1.54) is 44.5 Å². The standard InChI is InChI=1S/C48H32N2S/c1-4-13-33(14-5-1)36-19-10-21-38(27-36)42-30-45(39-22-11-20-37(28-39)41-23-12-26-49-32-41)47-46(31-42)51-48(50-47)40-24-25-43(34-15-6-2-7-16-34)44(29-40)35-17-8-3-9-18-35/h1-32H. The molecule has 0 aliphatic carbocycles. The summed E-state index contributed by atoms with van der Waals surface area (Å²) >= 11 is 1.75. The number of aromatic nitrogens is 2. The number of rotatable bonds is 7. The quantitative estimate of drug-likeness (QED) is 0.169. The zero-order chi connectivity index (χ0) is 34.0. The van der Waals surface area contributed by atoms with Crippen LogP contribution in [-0.2, 0) is 0 Å². The fourth-order valence-corrected chi connectivity index (χ4v) is 7.88. The molecule has 0 radical (unpaired) electrons. The van der Waals surface area contributed by atoms with Gasteiger partial charge in [0.1, 0.15) is 5.01 Å². The summed E-state index contributed by atoms with van der Waals surface area (Å²) in [5.41, 5.74) is 16.1. The van der Waals surface area contributed by atoms with E-state index >= 15 is 0 Å². The lowest BCUT2D eigenvalue weighted by atomic mass is 9.93. The van der Waals surface area contributed by atoms with Crippen molar-refractivity contribution in [2.24, 2.45) is 0 Å². The number of hydrogen-bond donors (Lipinski definition) is 0. The highest BCUT2D eigenvalue weighted by Crippen LogP contribution is 2.42. The van der Waals surface area contributed by atoms with E-state index in [-0.39, 0.29) is 0 Å². The van der Waals surface area contributed by atoms with Crippen molar-refractivity contribution in [1.82, 2.24) is 9.97 Å². The molecule has 0 aliphatic rings.